The van der Waals surface area contributed by atoms with Crippen molar-refractivity contribution in [2.24, 2.45) is 0 Å². The predicted molar refractivity (Wildman–Crippen MR) is 72.7 cm³/mol. The second-order valence-corrected chi connectivity index (χ2v) is 4.68. The highest BCUT2D eigenvalue weighted by atomic mass is 19.1. The van der Waals surface area contributed by atoms with E-state index in [0.717, 1.165) is 5.69 Å². The molecule has 0 radical (unpaired) electrons. The highest BCUT2D eigenvalue weighted by Crippen LogP contribution is 2.24. The average Bonchev–Trinajstić information content (AvgIpc) is 2.74. The Balaban J connectivity index is 2.27. The van der Waals surface area contributed by atoms with E-state index >= 15 is 0 Å². The van der Waals surface area contributed by atoms with Crippen LogP contribution in [0.25, 0.3) is 16.6 Å². The molecular formula is C16H14FN. The van der Waals surface area contributed by atoms with Crippen molar-refractivity contribution in [1.29, 1.82) is 0 Å². The molecule has 0 saturated carbocycles. The zero-order valence-corrected chi connectivity index (χ0v) is 10.4. The maximum absolute atomic E-state index is 13.0. The fraction of sp³-hybridized carbons (Fsp3) is 0.125. The van der Waals surface area contributed by atoms with Crippen molar-refractivity contribution in [1.82, 2.24) is 4.57 Å². The lowest BCUT2D eigenvalue weighted by molar-refractivity contribution is 0.627. The van der Waals surface area contributed by atoms with E-state index in [2.05, 4.69) is 36.6 Å². The fourth-order valence-electron chi connectivity index (χ4n) is 2.43. The molecule has 0 saturated heterocycles. The molecule has 0 amide bonds. The van der Waals surface area contributed by atoms with Crippen LogP contribution in [0.5, 0.6) is 0 Å². The van der Waals surface area contributed by atoms with Crippen molar-refractivity contribution in [3.8, 4) is 5.69 Å². The third kappa shape index (κ3) is 1.70. The van der Waals surface area contributed by atoms with E-state index in [9.17, 15) is 4.39 Å². The van der Waals surface area contributed by atoms with Gasteiger partial charge in [-0.25, -0.2) is 4.39 Å². The van der Waals surface area contributed by atoms with Crippen molar-refractivity contribution in [3.05, 3.63) is 65.6 Å². The van der Waals surface area contributed by atoms with E-state index in [4.69, 9.17) is 0 Å². The Bertz CT molecular complexity index is 708. The summed E-state index contributed by atoms with van der Waals surface area (Å²) in [5, 5.41) is 1.24. The van der Waals surface area contributed by atoms with Crippen LogP contribution in [0.15, 0.2) is 48.7 Å². The quantitative estimate of drug-likeness (QED) is 0.593. The molecule has 0 aliphatic carbocycles. The first-order chi connectivity index (χ1) is 8.65. The van der Waals surface area contributed by atoms with Gasteiger partial charge in [0, 0.05) is 17.3 Å². The van der Waals surface area contributed by atoms with Gasteiger partial charge >= 0.3 is 0 Å². The van der Waals surface area contributed by atoms with Crippen molar-refractivity contribution < 1.29 is 4.39 Å². The van der Waals surface area contributed by atoms with Crippen LogP contribution >= 0.6 is 0 Å². The molecule has 0 bridgehead atoms. The molecule has 0 spiro atoms. The Morgan fingerprint density at radius 2 is 1.67 bits per heavy atom. The van der Waals surface area contributed by atoms with Gasteiger partial charge in [-0.2, -0.15) is 0 Å². The van der Waals surface area contributed by atoms with Crippen molar-refractivity contribution >= 4 is 10.9 Å². The van der Waals surface area contributed by atoms with Crippen molar-refractivity contribution in [2.75, 3.05) is 0 Å². The third-order valence-corrected chi connectivity index (χ3v) is 3.26. The van der Waals surface area contributed by atoms with E-state index in [1.807, 2.05) is 6.20 Å². The van der Waals surface area contributed by atoms with Gasteiger partial charge in [-0.05, 0) is 61.4 Å². The number of nitrogens with zero attached hydrogens (tertiary/aromatic N) is 1. The Labute approximate surface area is 105 Å². The summed E-state index contributed by atoms with van der Waals surface area (Å²) in [5.41, 5.74) is 4.66. The number of halogens is 1. The molecule has 0 fully saturated rings. The Morgan fingerprint density at radius 1 is 0.944 bits per heavy atom. The van der Waals surface area contributed by atoms with Crippen LogP contribution in [0, 0.1) is 19.7 Å². The Hall–Kier alpha value is -2.09. The van der Waals surface area contributed by atoms with Gasteiger partial charge in [0.15, 0.2) is 0 Å². The molecule has 0 aliphatic rings. The molecule has 1 heterocycles. The Morgan fingerprint density at radius 3 is 2.39 bits per heavy atom. The van der Waals surface area contributed by atoms with Crippen LogP contribution in [0.3, 0.4) is 0 Å². The molecule has 0 aliphatic heterocycles. The summed E-state index contributed by atoms with van der Waals surface area (Å²) < 4.78 is 15.1. The number of hydrogen-bond donors (Lipinski definition) is 0. The summed E-state index contributed by atoms with van der Waals surface area (Å²) in [5.74, 6) is -0.206. The standard InChI is InChI=1S/C16H14FN/c1-11-9-12(2)15-7-8-18(16(15)10-11)14-5-3-13(17)4-6-14/h3-10H,1-2H3. The predicted octanol–water partition coefficient (Wildman–Crippen LogP) is 4.39. The first kappa shape index (κ1) is 11.0. The number of aryl methyl sites for hydroxylation is 2. The monoisotopic (exact) mass is 239 g/mol. The van der Waals surface area contributed by atoms with Crippen LogP contribution in [0.1, 0.15) is 11.1 Å². The largest absolute Gasteiger partial charge is 0.317 e. The van der Waals surface area contributed by atoms with Crippen molar-refractivity contribution in [3.63, 3.8) is 0 Å². The van der Waals surface area contributed by atoms with Gasteiger partial charge in [-0.1, -0.05) is 6.07 Å². The normalized spacial score (nSPS) is 11.1. The lowest BCUT2D eigenvalue weighted by Crippen LogP contribution is -1.92. The molecule has 1 nitrogen and oxygen atoms in total. The van der Waals surface area contributed by atoms with Crippen molar-refractivity contribution in [2.45, 2.75) is 13.8 Å². The highest BCUT2D eigenvalue weighted by molar-refractivity contribution is 5.85. The third-order valence-electron chi connectivity index (χ3n) is 3.26. The number of aromatic nitrogens is 1. The van der Waals surface area contributed by atoms with E-state index in [1.54, 1.807) is 12.1 Å². The van der Waals surface area contributed by atoms with Crippen LogP contribution < -0.4 is 0 Å². The molecule has 0 atom stereocenters. The molecule has 2 heteroatoms. The fourth-order valence-corrected chi connectivity index (χ4v) is 2.43. The second-order valence-electron chi connectivity index (χ2n) is 4.68. The minimum Gasteiger partial charge on any atom is -0.317 e. The molecule has 1 aromatic heterocycles. The maximum atomic E-state index is 13.0. The van der Waals surface area contributed by atoms with E-state index in [-0.39, 0.29) is 5.82 Å². The van der Waals surface area contributed by atoms with Gasteiger partial charge in [0.1, 0.15) is 5.82 Å². The first-order valence-electron chi connectivity index (χ1n) is 5.99. The molecule has 18 heavy (non-hydrogen) atoms. The van der Waals surface area contributed by atoms with Gasteiger partial charge in [-0.15, -0.1) is 0 Å². The topological polar surface area (TPSA) is 4.93 Å². The molecule has 0 unspecified atom stereocenters. The summed E-state index contributed by atoms with van der Waals surface area (Å²) in [6, 6.07) is 13.0. The van der Waals surface area contributed by atoms with E-state index in [0.29, 0.717) is 0 Å². The van der Waals surface area contributed by atoms with Gasteiger partial charge in [-0.3, -0.25) is 0 Å². The summed E-state index contributed by atoms with van der Waals surface area (Å²) in [6.07, 6.45) is 2.03. The van der Waals surface area contributed by atoms with E-state index < -0.39 is 0 Å². The molecule has 3 aromatic rings. The minimum atomic E-state index is -0.206. The first-order valence-corrected chi connectivity index (χ1v) is 5.99. The zero-order valence-electron chi connectivity index (χ0n) is 10.4. The molecule has 3 rings (SSSR count). The summed E-state index contributed by atoms with van der Waals surface area (Å²) in [7, 11) is 0. The van der Waals surface area contributed by atoms with Crippen LogP contribution in [-0.2, 0) is 0 Å². The maximum Gasteiger partial charge on any atom is 0.123 e. The van der Waals surface area contributed by atoms with E-state index in [1.165, 1.54) is 34.2 Å². The number of hydrogen-bond acceptors (Lipinski definition) is 0. The Kier molecular flexibility index (Phi) is 2.44. The average molecular weight is 239 g/mol. The molecular weight excluding hydrogens is 225 g/mol. The lowest BCUT2D eigenvalue weighted by Gasteiger charge is -2.07. The van der Waals surface area contributed by atoms with Gasteiger partial charge in [0.25, 0.3) is 0 Å². The summed E-state index contributed by atoms with van der Waals surface area (Å²) in [6.45, 7) is 4.21. The molecule has 90 valence electrons. The van der Waals surface area contributed by atoms with Crippen LogP contribution in [0.4, 0.5) is 4.39 Å². The molecule has 2 aromatic carbocycles. The summed E-state index contributed by atoms with van der Waals surface area (Å²) in [4.78, 5) is 0. The van der Waals surface area contributed by atoms with Crippen LogP contribution in [-0.4, -0.2) is 4.57 Å². The highest BCUT2D eigenvalue weighted by Gasteiger charge is 2.06. The number of rotatable bonds is 1. The lowest BCUT2D eigenvalue weighted by atomic mass is 10.1. The summed E-state index contributed by atoms with van der Waals surface area (Å²) >= 11 is 0. The van der Waals surface area contributed by atoms with Gasteiger partial charge in [0.2, 0.25) is 0 Å². The van der Waals surface area contributed by atoms with Gasteiger partial charge < -0.3 is 4.57 Å². The number of fused-ring (bicyclic) bond motifs is 1. The second kappa shape index (κ2) is 3.98. The molecule has 0 N–H and O–H groups in total. The van der Waals surface area contributed by atoms with Crippen LogP contribution in [0.2, 0.25) is 0 Å². The SMILES string of the molecule is Cc1cc(C)c2ccn(-c3ccc(F)cc3)c2c1. The smallest absolute Gasteiger partial charge is 0.123 e. The number of benzene rings is 2. The van der Waals surface area contributed by atoms with Gasteiger partial charge in [0.05, 0.1) is 5.52 Å². The minimum absolute atomic E-state index is 0.206. The zero-order chi connectivity index (χ0) is 12.7.